The van der Waals surface area contributed by atoms with Gasteiger partial charge in [0.1, 0.15) is 5.82 Å². The Kier molecular flexibility index (Phi) is 3.94. The quantitative estimate of drug-likeness (QED) is 0.927. The summed E-state index contributed by atoms with van der Waals surface area (Å²) in [5.74, 6) is -0.0243. The number of rotatable bonds is 3. The molecule has 2 heterocycles. The van der Waals surface area contributed by atoms with Crippen molar-refractivity contribution in [3.8, 4) is 0 Å². The topological polar surface area (TPSA) is 27.6 Å². The van der Waals surface area contributed by atoms with Crippen molar-refractivity contribution >= 4 is 17.3 Å². The summed E-state index contributed by atoms with van der Waals surface area (Å²) in [5.41, 5.74) is 4.80. The fraction of sp³-hybridized carbons (Fsp3) is 0.533. The second kappa shape index (κ2) is 5.70. The standard InChI is InChI=1S/C15H19ClFN3/c1-2-7-20-8-6-13-10(9-20)15(19-18-13)14-11(16)4-3-5-12(14)17/h3-5,10,15,19H,2,6-9H2,1H3. The first-order valence-corrected chi connectivity index (χ1v) is 7.56. The molecule has 2 unspecified atom stereocenters. The predicted molar refractivity (Wildman–Crippen MR) is 79.6 cm³/mol. The van der Waals surface area contributed by atoms with Gasteiger partial charge in [-0.1, -0.05) is 24.6 Å². The molecule has 0 bridgehead atoms. The van der Waals surface area contributed by atoms with E-state index in [-0.39, 0.29) is 17.8 Å². The second-order valence-electron chi connectivity index (χ2n) is 5.50. The highest BCUT2D eigenvalue weighted by Crippen LogP contribution is 2.36. The van der Waals surface area contributed by atoms with Crippen LogP contribution in [0.25, 0.3) is 0 Å². The fourth-order valence-corrected chi connectivity index (χ4v) is 3.49. The van der Waals surface area contributed by atoms with Crippen molar-refractivity contribution < 1.29 is 4.39 Å². The van der Waals surface area contributed by atoms with Crippen molar-refractivity contribution in [1.29, 1.82) is 0 Å². The van der Waals surface area contributed by atoms with Gasteiger partial charge in [0.15, 0.2) is 0 Å². The Morgan fingerprint density at radius 2 is 2.35 bits per heavy atom. The number of nitrogens with zero attached hydrogens (tertiary/aromatic N) is 2. The minimum atomic E-state index is -0.251. The molecule has 20 heavy (non-hydrogen) atoms. The van der Waals surface area contributed by atoms with Crippen molar-refractivity contribution in [3.05, 3.63) is 34.6 Å². The molecule has 0 aliphatic carbocycles. The van der Waals surface area contributed by atoms with E-state index in [0.29, 0.717) is 10.6 Å². The van der Waals surface area contributed by atoms with Crippen LogP contribution in [0.1, 0.15) is 31.4 Å². The van der Waals surface area contributed by atoms with Crippen molar-refractivity contribution in [2.45, 2.75) is 25.8 Å². The lowest BCUT2D eigenvalue weighted by Gasteiger charge is -2.33. The Balaban J connectivity index is 1.85. The summed E-state index contributed by atoms with van der Waals surface area (Å²) in [4.78, 5) is 2.43. The average molecular weight is 296 g/mol. The van der Waals surface area contributed by atoms with Crippen LogP contribution in [0.4, 0.5) is 4.39 Å². The third-order valence-electron chi connectivity index (χ3n) is 4.17. The van der Waals surface area contributed by atoms with Gasteiger partial charge >= 0.3 is 0 Å². The lowest BCUT2D eigenvalue weighted by atomic mass is 9.86. The van der Waals surface area contributed by atoms with Gasteiger partial charge in [-0.25, -0.2) is 4.39 Å². The molecular weight excluding hydrogens is 277 g/mol. The van der Waals surface area contributed by atoms with E-state index < -0.39 is 0 Å². The molecule has 1 fully saturated rings. The molecule has 3 nitrogen and oxygen atoms in total. The van der Waals surface area contributed by atoms with Crippen LogP contribution in [0.2, 0.25) is 5.02 Å². The largest absolute Gasteiger partial charge is 0.302 e. The van der Waals surface area contributed by atoms with E-state index in [2.05, 4.69) is 22.4 Å². The van der Waals surface area contributed by atoms with Gasteiger partial charge < -0.3 is 10.3 Å². The van der Waals surface area contributed by atoms with Crippen LogP contribution in [-0.4, -0.2) is 30.2 Å². The molecule has 1 aromatic carbocycles. The first-order valence-electron chi connectivity index (χ1n) is 7.19. The SMILES string of the molecule is CCCN1CCC2=NNC(c3c(F)cccc3Cl)C2C1. The van der Waals surface area contributed by atoms with Crippen LogP contribution in [0.5, 0.6) is 0 Å². The maximum atomic E-state index is 14.1. The summed E-state index contributed by atoms with van der Waals surface area (Å²) in [6.07, 6.45) is 2.10. The molecule has 1 aromatic rings. The average Bonchev–Trinajstić information content (AvgIpc) is 2.82. The van der Waals surface area contributed by atoms with Crippen LogP contribution in [0.3, 0.4) is 0 Å². The first kappa shape index (κ1) is 13.8. The van der Waals surface area contributed by atoms with Gasteiger partial charge in [-0.05, 0) is 25.1 Å². The summed E-state index contributed by atoms with van der Waals surface area (Å²) < 4.78 is 14.1. The molecule has 3 rings (SSSR count). The molecule has 0 radical (unpaired) electrons. The number of hydrogen-bond acceptors (Lipinski definition) is 3. The first-order chi connectivity index (χ1) is 9.70. The van der Waals surface area contributed by atoms with Gasteiger partial charge in [0, 0.05) is 41.7 Å². The van der Waals surface area contributed by atoms with E-state index in [4.69, 9.17) is 11.6 Å². The molecule has 0 amide bonds. The number of fused-ring (bicyclic) bond motifs is 1. The molecule has 0 aromatic heterocycles. The van der Waals surface area contributed by atoms with E-state index in [1.807, 2.05) is 0 Å². The van der Waals surface area contributed by atoms with Gasteiger partial charge in [-0.15, -0.1) is 0 Å². The van der Waals surface area contributed by atoms with Crippen LogP contribution in [0.15, 0.2) is 23.3 Å². The lowest BCUT2D eigenvalue weighted by Crippen LogP contribution is -2.42. The Bertz CT molecular complexity index is 512. The maximum Gasteiger partial charge on any atom is 0.130 e. The highest BCUT2D eigenvalue weighted by molar-refractivity contribution is 6.31. The minimum Gasteiger partial charge on any atom is -0.302 e. The van der Waals surface area contributed by atoms with E-state index in [1.165, 1.54) is 6.07 Å². The molecule has 0 saturated carbocycles. The Morgan fingerprint density at radius 1 is 1.50 bits per heavy atom. The maximum absolute atomic E-state index is 14.1. The second-order valence-corrected chi connectivity index (χ2v) is 5.91. The van der Waals surface area contributed by atoms with Crippen LogP contribution < -0.4 is 5.43 Å². The number of piperidine rings is 1. The van der Waals surface area contributed by atoms with E-state index in [9.17, 15) is 4.39 Å². The molecule has 108 valence electrons. The molecule has 5 heteroatoms. The fourth-order valence-electron chi connectivity index (χ4n) is 3.20. The summed E-state index contributed by atoms with van der Waals surface area (Å²) in [6, 6.07) is 4.71. The van der Waals surface area contributed by atoms with E-state index in [1.54, 1.807) is 12.1 Å². The summed E-state index contributed by atoms with van der Waals surface area (Å²) in [7, 11) is 0. The summed E-state index contributed by atoms with van der Waals surface area (Å²) in [5, 5.41) is 4.89. The number of benzene rings is 1. The highest BCUT2D eigenvalue weighted by Gasteiger charge is 2.38. The summed E-state index contributed by atoms with van der Waals surface area (Å²) >= 11 is 6.19. The third-order valence-corrected chi connectivity index (χ3v) is 4.50. The van der Waals surface area contributed by atoms with Gasteiger partial charge in [0.2, 0.25) is 0 Å². The van der Waals surface area contributed by atoms with Crippen molar-refractivity contribution in [2.24, 2.45) is 11.0 Å². The number of nitrogens with one attached hydrogen (secondary N) is 1. The molecular formula is C15H19ClFN3. The smallest absolute Gasteiger partial charge is 0.130 e. The molecule has 1 N–H and O–H groups in total. The third kappa shape index (κ3) is 2.42. The Labute approximate surface area is 123 Å². The zero-order valence-corrected chi connectivity index (χ0v) is 12.3. The monoisotopic (exact) mass is 295 g/mol. The van der Waals surface area contributed by atoms with E-state index in [0.717, 1.165) is 38.2 Å². The van der Waals surface area contributed by atoms with E-state index >= 15 is 0 Å². The Morgan fingerprint density at radius 3 is 3.10 bits per heavy atom. The van der Waals surface area contributed by atoms with Gasteiger partial charge in [0.25, 0.3) is 0 Å². The number of hydrogen-bond donors (Lipinski definition) is 1. The molecule has 0 spiro atoms. The zero-order chi connectivity index (χ0) is 14.1. The molecule has 2 atom stereocenters. The van der Waals surface area contributed by atoms with Crippen molar-refractivity contribution in [3.63, 3.8) is 0 Å². The number of halogens is 2. The predicted octanol–water partition coefficient (Wildman–Crippen LogP) is 3.21. The molecule has 1 saturated heterocycles. The molecule has 2 aliphatic heterocycles. The van der Waals surface area contributed by atoms with Gasteiger partial charge in [-0.2, -0.15) is 5.10 Å². The highest BCUT2D eigenvalue weighted by atomic mass is 35.5. The summed E-state index contributed by atoms with van der Waals surface area (Å²) in [6.45, 7) is 5.24. The molecule has 2 aliphatic rings. The van der Waals surface area contributed by atoms with Crippen LogP contribution in [-0.2, 0) is 0 Å². The van der Waals surface area contributed by atoms with Crippen LogP contribution in [0, 0.1) is 11.7 Å². The lowest BCUT2D eigenvalue weighted by molar-refractivity contribution is 0.227. The van der Waals surface area contributed by atoms with Crippen LogP contribution >= 0.6 is 11.6 Å². The van der Waals surface area contributed by atoms with Crippen molar-refractivity contribution in [1.82, 2.24) is 10.3 Å². The normalized spacial score (nSPS) is 26.1. The Hall–Kier alpha value is -1.13. The minimum absolute atomic E-state index is 0.140. The number of hydrazone groups is 1. The van der Waals surface area contributed by atoms with Gasteiger partial charge in [-0.3, -0.25) is 0 Å². The van der Waals surface area contributed by atoms with Crippen molar-refractivity contribution in [2.75, 3.05) is 19.6 Å². The van der Waals surface area contributed by atoms with Gasteiger partial charge in [0.05, 0.1) is 6.04 Å². The zero-order valence-electron chi connectivity index (χ0n) is 11.6. The number of likely N-dealkylation sites (tertiary alicyclic amines) is 1.